The molecular formula is C18H17ClN2. The van der Waals surface area contributed by atoms with Crippen molar-refractivity contribution < 1.29 is 0 Å². The van der Waals surface area contributed by atoms with Crippen LogP contribution in [0.1, 0.15) is 24.9 Å². The van der Waals surface area contributed by atoms with E-state index in [1.807, 2.05) is 30.6 Å². The van der Waals surface area contributed by atoms with Gasteiger partial charge in [0.2, 0.25) is 0 Å². The smallest absolute Gasteiger partial charge is 0.0511 e. The molecule has 0 fully saturated rings. The minimum atomic E-state index is 0.265. The summed E-state index contributed by atoms with van der Waals surface area (Å²) in [7, 11) is 0. The largest absolute Gasteiger partial charge is 0.378 e. The van der Waals surface area contributed by atoms with Crippen molar-refractivity contribution in [2.24, 2.45) is 0 Å². The molecule has 1 heterocycles. The molecule has 0 aliphatic heterocycles. The van der Waals surface area contributed by atoms with Crippen molar-refractivity contribution in [1.82, 2.24) is 4.98 Å². The molecule has 3 rings (SSSR count). The second kappa shape index (κ2) is 6.15. The van der Waals surface area contributed by atoms with Crippen LogP contribution >= 0.6 is 11.6 Å². The molecule has 2 aromatic carbocycles. The Kier molecular flexibility index (Phi) is 4.07. The maximum Gasteiger partial charge on any atom is 0.0511 e. The first kappa shape index (κ1) is 13.9. The van der Waals surface area contributed by atoms with E-state index >= 15 is 0 Å². The summed E-state index contributed by atoms with van der Waals surface area (Å²) in [5.41, 5.74) is 2.38. The second-order valence-electron chi connectivity index (χ2n) is 5.06. The Morgan fingerprint density at radius 2 is 1.90 bits per heavy atom. The highest BCUT2D eigenvalue weighted by Gasteiger charge is 2.10. The van der Waals surface area contributed by atoms with Crippen LogP contribution in [0.4, 0.5) is 5.69 Å². The van der Waals surface area contributed by atoms with Crippen molar-refractivity contribution in [3.8, 4) is 0 Å². The molecule has 2 nitrogen and oxygen atoms in total. The third-order valence-electron chi connectivity index (χ3n) is 3.69. The number of aromatic nitrogens is 1. The highest BCUT2D eigenvalue weighted by atomic mass is 35.5. The Balaban J connectivity index is 1.94. The van der Waals surface area contributed by atoms with Crippen molar-refractivity contribution in [3.05, 3.63) is 71.5 Å². The number of halogens is 1. The van der Waals surface area contributed by atoms with E-state index in [1.54, 1.807) is 0 Å². The number of fused-ring (bicyclic) bond motifs is 1. The minimum Gasteiger partial charge on any atom is -0.378 e. The molecule has 1 unspecified atom stereocenters. The lowest BCUT2D eigenvalue weighted by Gasteiger charge is -2.20. The zero-order valence-electron chi connectivity index (χ0n) is 11.9. The van der Waals surface area contributed by atoms with Crippen LogP contribution in [0.2, 0.25) is 5.02 Å². The van der Waals surface area contributed by atoms with Gasteiger partial charge < -0.3 is 5.32 Å². The molecule has 0 spiro atoms. The topological polar surface area (TPSA) is 24.9 Å². The molecule has 1 atom stereocenters. The number of nitrogens with zero attached hydrogens (tertiary/aromatic N) is 1. The molecule has 21 heavy (non-hydrogen) atoms. The number of nitrogens with one attached hydrogen (secondary N) is 1. The molecule has 3 aromatic rings. The van der Waals surface area contributed by atoms with E-state index in [9.17, 15) is 0 Å². The normalized spacial score (nSPS) is 12.3. The standard InChI is InChI=1S/C18H17ClN2/c1-2-17(13-6-8-15(19)9-7-13)21-18-5-3-4-14-12-20-11-10-16(14)18/h3-12,17,21H,2H2,1H3. The van der Waals surface area contributed by atoms with Gasteiger partial charge in [0, 0.05) is 33.9 Å². The summed E-state index contributed by atoms with van der Waals surface area (Å²) in [5, 5.41) is 6.75. The summed E-state index contributed by atoms with van der Waals surface area (Å²) in [6, 6.07) is 16.6. The Morgan fingerprint density at radius 3 is 2.67 bits per heavy atom. The van der Waals surface area contributed by atoms with Gasteiger partial charge in [-0.15, -0.1) is 0 Å². The van der Waals surface area contributed by atoms with E-state index < -0.39 is 0 Å². The van der Waals surface area contributed by atoms with Crippen LogP contribution in [0, 0.1) is 0 Å². The van der Waals surface area contributed by atoms with Crippen molar-refractivity contribution in [2.45, 2.75) is 19.4 Å². The van der Waals surface area contributed by atoms with Crippen molar-refractivity contribution in [1.29, 1.82) is 0 Å². The third kappa shape index (κ3) is 3.01. The second-order valence-corrected chi connectivity index (χ2v) is 5.50. The number of pyridine rings is 1. The summed E-state index contributed by atoms with van der Waals surface area (Å²) in [6.45, 7) is 2.18. The zero-order chi connectivity index (χ0) is 14.7. The molecular weight excluding hydrogens is 280 g/mol. The van der Waals surface area contributed by atoms with Gasteiger partial charge in [-0.3, -0.25) is 4.98 Å². The van der Waals surface area contributed by atoms with Crippen LogP contribution < -0.4 is 5.32 Å². The van der Waals surface area contributed by atoms with Crippen LogP contribution in [-0.4, -0.2) is 4.98 Å². The predicted octanol–water partition coefficient (Wildman–Crippen LogP) is 5.45. The van der Waals surface area contributed by atoms with Crippen LogP contribution in [0.25, 0.3) is 10.8 Å². The Morgan fingerprint density at radius 1 is 1.10 bits per heavy atom. The first-order valence-electron chi connectivity index (χ1n) is 7.12. The number of rotatable bonds is 4. The fourth-order valence-electron chi connectivity index (χ4n) is 2.55. The first-order chi connectivity index (χ1) is 10.3. The van der Waals surface area contributed by atoms with E-state index in [1.165, 1.54) is 10.9 Å². The molecule has 0 bridgehead atoms. The van der Waals surface area contributed by atoms with Gasteiger partial charge in [-0.05, 0) is 36.2 Å². The van der Waals surface area contributed by atoms with Gasteiger partial charge in [-0.2, -0.15) is 0 Å². The van der Waals surface area contributed by atoms with Crippen molar-refractivity contribution >= 4 is 28.1 Å². The maximum atomic E-state index is 5.97. The van der Waals surface area contributed by atoms with Gasteiger partial charge in [0.15, 0.2) is 0 Å². The average Bonchev–Trinajstić information content (AvgIpc) is 2.54. The first-order valence-corrected chi connectivity index (χ1v) is 7.50. The van der Waals surface area contributed by atoms with Crippen LogP contribution in [0.5, 0.6) is 0 Å². The molecule has 0 radical (unpaired) electrons. The zero-order valence-corrected chi connectivity index (χ0v) is 12.6. The Bertz CT molecular complexity index is 732. The van der Waals surface area contributed by atoms with Gasteiger partial charge in [0.05, 0.1) is 6.04 Å². The van der Waals surface area contributed by atoms with Crippen molar-refractivity contribution in [3.63, 3.8) is 0 Å². The number of benzene rings is 2. The fraction of sp³-hybridized carbons (Fsp3) is 0.167. The maximum absolute atomic E-state index is 5.97. The summed E-state index contributed by atoms with van der Waals surface area (Å²) in [6.07, 6.45) is 4.73. The average molecular weight is 297 g/mol. The summed E-state index contributed by atoms with van der Waals surface area (Å²) >= 11 is 5.97. The van der Waals surface area contributed by atoms with Gasteiger partial charge in [-0.25, -0.2) is 0 Å². The van der Waals surface area contributed by atoms with Gasteiger partial charge in [-0.1, -0.05) is 42.8 Å². The van der Waals surface area contributed by atoms with E-state index in [4.69, 9.17) is 11.6 Å². The molecule has 106 valence electrons. The molecule has 3 heteroatoms. The molecule has 0 aliphatic rings. The van der Waals surface area contributed by atoms with Gasteiger partial charge >= 0.3 is 0 Å². The molecule has 0 saturated heterocycles. The predicted molar refractivity (Wildman–Crippen MR) is 89.8 cm³/mol. The number of hydrogen-bond donors (Lipinski definition) is 1. The summed E-state index contributed by atoms with van der Waals surface area (Å²) in [4.78, 5) is 4.18. The Hall–Kier alpha value is -2.06. The van der Waals surface area contributed by atoms with E-state index in [0.717, 1.165) is 22.5 Å². The third-order valence-corrected chi connectivity index (χ3v) is 3.94. The lowest BCUT2D eigenvalue weighted by Crippen LogP contribution is -2.09. The quantitative estimate of drug-likeness (QED) is 0.692. The van der Waals surface area contributed by atoms with Crippen molar-refractivity contribution in [2.75, 3.05) is 5.32 Å². The van der Waals surface area contributed by atoms with Crippen LogP contribution in [0.15, 0.2) is 60.9 Å². The fourth-order valence-corrected chi connectivity index (χ4v) is 2.68. The SMILES string of the molecule is CCC(Nc1cccc2cnccc12)c1ccc(Cl)cc1. The number of anilines is 1. The summed E-state index contributed by atoms with van der Waals surface area (Å²) < 4.78 is 0. The lowest BCUT2D eigenvalue weighted by atomic mass is 10.0. The van der Waals surface area contributed by atoms with Crippen LogP contribution in [-0.2, 0) is 0 Å². The van der Waals surface area contributed by atoms with E-state index in [-0.39, 0.29) is 6.04 Å². The van der Waals surface area contributed by atoms with E-state index in [0.29, 0.717) is 0 Å². The lowest BCUT2D eigenvalue weighted by molar-refractivity contribution is 0.750. The monoisotopic (exact) mass is 296 g/mol. The molecule has 0 amide bonds. The van der Waals surface area contributed by atoms with Gasteiger partial charge in [0.1, 0.15) is 0 Å². The van der Waals surface area contributed by atoms with E-state index in [2.05, 4.69) is 47.6 Å². The molecule has 0 saturated carbocycles. The highest BCUT2D eigenvalue weighted by molar-refractivity contribution is 6.30. The number of hydrogen-bond acceptors (Lipinski definition) is 2. The molecule has 1 N–H and O–H groups in total. The summed E-state index contributed by atoms with van der Waals surface area (Å²) in [5.74, 6) is 0. The van der Waals surface area contributed by atoms with Gasteiger partial charge in [0.25, 0.3) is 0 Å². The molecule has 1 aromatic heterocycles. The Labute approximate surface area is 129 Å². The molecule has 0 aliphatic carbocycles. The minimum absolute atomic E-state index is 0.265. The van der Waals surface area contributed by atoms with Crippen LogP contribution in [0.3, 0.4) is 0 Å². The highest BCUT2D eigenvalue weighted by Crippen LogP contribution is 2.28.